The molecule has 0 radical (unpaired) electrons. The molecule has 0 aliphatic carbocycles. The van der Waals surface area contributed by atoms with Gasteiger partial charge < -0.3 is 0 Å². The Morgan fingerprint density at radius 2 is 1.52 bits per heavy atom. The number of hydrogen-bond acceptors (Lipinski definition) is 3. The molecule has 0 saturated carbocycles. The van der Waals surface area contributed by atoms with Crippen molar-refractivity contribution in [2.24, 2.45) is 7.05 Å². The molecule has 0 fully saturated rings. The number of nitrogens with zero attached hydrogens (tertiary/aromatic N) is 4. The molecule has 2 heterocycles. The fourth-order valence-corrected chi connectivity index (χ4v) is 4.00. The van der Waals surface area contributed by atoms with Gasteiger partial charge in [-0.1, -0.05) is 76.1 Å². The average molecular weight is 471 g/mol. The summed E-state index contributed by atoms with van der Waals surface area (Å²) in [4.78, 5) is 18.8. The van der Waals surface area contributed by atoms with Crippen LogP contribution in [0.5, 0.6) is 0 Å². The highest BCUT2D eigenvalue weighted by molar-refractivity contribution is 9.10. The molecule has 0 spiro atoms. The van der Waals surface area contributed by atoms with Crippen molar-refractivity contribution in [3.05, 3.63) is 99.3 Å². The van der Waals surface area contributed by atoms with Crippen LogP contribution in [0.2, 0.25) is 0 Å². The van der Waals surface area contributed by atoms with E-state index in [1.54, 1.807) is 16.3 Å². The molecule has 5 aromatic rings. The van der Waals surface area contributed by atoms with Crippen molar-refractivity contribution in [3.8, 4) is 28.3 Å². The molecule has 6 heteroatoms. The van der Waals surface area contributed by atoms with Crippen LogP contribution in [0.15, 0.2) is 88.1 Å². The molecule has 31 heavy (non-hydrogen) atoms. The Bertz CT molecular complexity index is 1450. The van der Waals surface area contributed by atoms with E-state index >= 15 is 0 Å². The predicted octanol–water partition coefficient (Wildman–Crippen LogP) is 5.52. The van der Waals surface area contributed by atoms with E-state index in [9.17, 15) is 4.79 Å². The van der Waals surface area contributed by atoms with Gasteiger partial charge in [-0.05, 0) is 31.2 Å². The smallest absolute Gasteiger partial charge is 0.266 e. The molecular weight excluding hydrogens is 452 g/mol. The van der Waals surface area contributed by atoms with E-state index in [0.29, 0.717) is 22.6 Å². The van der Waals surface area contributed by atoms with Crippen LogP contribution < -0.4 is 5.56 Å². The predicted molar refractivity (Wildman–Crippen MR) is 127 cm³/mol. The summed E-state index contributed by atoms with van der Waals surface area (Å²) in [5.74, 6) is 0.588. The third-order valence-electron chi connectivity index (χ3n) is 5.30. The van der Waals surface area contributed by atoms with E-state index in [4.69, 9.17) is 4.98 Å². The van der Waals surface area contributed by atoms with Gasteiger partial charge in [0.05, 0.1) is 5.69 Å². The van der Waals surface area contributed by atoms with Gasteiger partial charge in [0.2, 0.25) is 0 Å². The Morgan fingerprint density at radius 1 is 0.839 bits per heavy atom. The van der Waals surface area contributed by atoms with Gasteiger partial charge in [0.1, 0.15) is 17.0 Å². The van der Waals surface area contributed by atoms with Crippen LogP contribution >= 0.6 is 15.9 Å². The van der Waals surface area contributed by atoms with Crippen molar-refractivity contribution in [1.82, 2.24) is 19.3 Å². The quantitative estimate of drug-likeness (QED) is 0.348. The van der Waals surface area contributed by atoms with Crippen molar-refractivity contribution < 1.29 is 0 Å². The summed E-state index contributed by atoms with van der Waals surface area (Å²) in [5.41, 5.74) is 5.31. The summed E-state index contributed by atoms with van der Waals surface area (Å²) >= 11 is 3.47. The SMILES string of the molecule is Cc1ccc(-c2nc3c(-c4ccccc4)nn(C)c3c(=O)n2-c2ccc(Br)cc2)cc1. The average Bonchev–Trinajstić information content (AvgIpc) is 3.12. The van der Waals surface area contributed by atoms with Gasteiger partial charge in [0.15, 0.2) is 5.52 Å². The lowest BCUT2D eigenvalue weighted by Gasteiger charge is -2.13. The summed E-state index contributed by atoms with van der Waals surface area (Å²) in [6, 6.07) is 25.5. The number of aromatic nitrogens is 4. The van der Waals surface area contributed by atoms with Crippen LogP contribution in [-0.4, -0.2) is 19.3 Å². The number of halogens is 1. The van der Waals surface area contributed by atoms with Crippen molar-refractivity contribution in [2.45, 2.75) is 6.92 Å². The summed E-state index contributed by atoms with van der Waals surface area (Å²) in [7, 11) is 1.79. The van der Waals surface area contributed by atoms with E-state index < -0.39 is 0 Å². The molecule has 0 unspecified atom stereocenters. The highest BCUT2D eigenvalue weighted by Crippen LogP contribution is 2.28. The zero-order valence-corrected chi connectivity index (χ0v) is 18.7. The first kappa shape index (κ1) is 19.5. The highest BCUT2D eigenvalue weighted by Gasteiger charge is 2.21. The van der Waals surface area contributed by atoms with Crippen LogP contribution in [-0.2, 0) is 7.05 Å². The second-order valence-corrected chi connectivity index (χ2v) is 8.37. The van der Waals surface area contributed by atoms with E-state index in [1.807, 2.05) is 85.8 Å². The number of aryl methyl sites for hydroxylation is 2. The van der Waals surface area contributed by atoms with Crippen molar-refractivity contribution in [3.63, 3.8) is 0 Å². The maximum Gasteiger partial charge on any atom is 0.284 e. The third-order valence-corrected chi connectivity index (χ3v) is 5.83. The Morgan fingerprint density at radius 3 is 2.19 bits per heavy atom. The van der Waals surface area contributed by atoms with E-state index in [2.05, 4.69) is 21.0 Å². The lowest BCUT2D eigenvalue weighted by molar-refractivity contribution is 0.790. The van der Waals surface area contributed by atoms with E-state index in [-0.39, 0.29) is 5.56 Å². The second kappa shape index (κ2) is 7.63. The maximum absolute atomic E-state index is 13.8. The monoisotopic (exact) mass is 470 g/mol. The van der Waals surface area contributed by atoms with Gasteiger partial charge in [0, 0.05) is 22.6 Å². The molecule has 0 amide bonds. The van der Waals surface area contributed by atoms with Crippen LogP contribution in [0.3, 0.4) is 0 Å². The molecule has 5 nitrogen and oxygen atoms in total. The Balaban J connectivity index is 1.89. The second-order valence-electron chi connectivity index (χ2n) is 7.45. The third kappa shape index (κ3) is 3.39. The van der Waals surface area contributed by atoms with Crippen molar-refractivity contribution in [2.75, 3.05) is 0 Å². The molecule has 152 valence electrons. The Labute approximate surface area is 187 Å². The van der Waals surface area contributed by atoms with Crippen LogP contribution in [0.1, 0.15) is 5.56 Å². The standard InChI is InChI=1S/C25H19BrN4O/c1-16-8-10-18(11-9-16)24-27-22-21(17-6-4-3-5-7-17)28-29(2)23(22)25(31)30(24)20-14-12-19(26)13-15-20/h3-15H,1-2H3. The highest BCUT2D eigenvalue weighted by atomic mass is 79.9. The first-order valence-corrected chi connectivity index (χ1v) is 10.7. The maximum atomic E-state index is 13.8. The lowest BCUT2D eigenvalue weighted by atomic mass is 10.1. The van der Waals surface area contributed by atoms with Gasteiger partial charge >= 0.3 is 0 Å². The molecule has 0 bridgehead atoms. The largest absolute Gasteiger partial charge is 0.284 e. The molecule has 2 aromatic heterocycles. The minimum atomic E-state index is -0.153. The van der Waals surface area contributed by atoms with Gasteiger partial charge in [0.25, 0.3) is 5.56 Å². The number of rotatable bonds is 3. The van der Waals surface area contributed by atoms with Gasteiger partial charge in [-0.2, -0.15) is 5.10 Å². The van der Waals surface area contributed by atoms with Crippen LogP contribution in [0.25, 0.3) is 39.4 Å². The fourth-order valence-electron chi connectivity index (χ4n) is 3.73. The summed E-state index contributed by atoms with van der Waals surface area (Å²) in [5, 5.41) is 4.65. The topological polar surface area (TPSA) is 52.7 Å². The zero-order chi connectivity index (χ0) is 21.5. The van der Waals surface area contributed by atoms with Crippen molar-refractivity contribution in [1.29, 1.82) is 0 Å². The van der Waals surface area contributed by atoms with Crippen LogP contribution in [0.4, 0.5) is 0 Å². The molecule has 3 aromatic carbocycles. The molecule has 0 aliphatic heterocycles. The summed E-state index contributed by atoms with van der Waals surface area (Å²) < 4.78 is 4.24. The van der Waals surface area contributed by atoms with Crippen molar-refractivity contribution >= 4 is 27.0 Å². The summed E-state index contributed by atoms with van der Waals surface area (Å²) in [6.07, 6.45) is 0. The molecule has 0 aliphatic rings. The number of fused-ring (bicyclic) bond motifs is 1. The number of hydrogen-bond donors (Lipinski definition) is 0. The first-order chi connectivity index (χ1) is 15.0. The van der Waals surface area contributed by atoms with Gasteiger partial charge in [-0.25, -0.2) is 4.98 Å². The molecule has 0 saturated heterocycles. The molecule has 5 rings (SSSR count). The zero-order valence-electron chi connectivity index (χ0n) is 17.1. The Kier molecular flexibility index (Phi) is 4.79. The molecule has 0 N–H and O–H groups in total. The molecule has 0 atom stereocenters. The lowest BCUT2D eigenvalue weighted by Crippen LogP contribution is -2.23. The van der Waals surface area contributed by atoms with Crippen LogP contribution in [0, 0.1) is 6.92 Å². The van der Waals surface area contributed by atoms with Gasteiger partial charge in [-0.15, -0.1) is 0 Å². The van der Waals surface area contributed by atoms with Gasteiger partial charge in [-0.3, -0.25) is 14.0 Å². The van der Waals surface area contributed by atoms with E-state index in [0.717, 1.165) is 26.9 Å². The minimum absolute atomic E-state index is 0.153. The summed E-state index contributed by atoms with van der Waals surface area (Å²) in [6.45, 7) is 2.04. The fraction of sp³-hybridized carbons (Fsp3) is 0.0800. The number of benzene rings is 3. The Hall–Kier alpha value is -3.51. The minimum Gasteiger partial charge on any atom is -0.266 e. The first-order valence-electron chi connectivity index (χ1n) is 9.91. The van der Waals surface area contributed by atoms with E-state index in [1.165, 1.54) is 0 Å². The molecular formula is C25H19BrN4O. The normalized spacial score (nSPS) is 11.2.